The number of rotatable bonds is 5. The van der Waals surface area contributed by atoms with Crippen molar-refractivity contribution in [3.63, 3.8) is 0 Å². The van der Waals surface area contributed by atoms with Crippen LogP contribution >= 0.6 is 23.2 Å². The summed E-state index contributed by atoms with van der Waals surface area (Å²) in [5.41, 5.74) is 0.988. The summed E-state index contributed by atoms with van der Waals surface area (Å²) >= 11 is 12.3. The quantitative estimate of drug-likeness (QED) is 0.771. The van der Waals surface area contributed by atoms with Crippen molar-refractivity contribution in [2.24, 2.45) is 4.99 Å². The predicted molar refractivity (Wildman–Crippen MR) is 99.4 cm³/mol. The van der Waals surface area contributed by atoms with Crippen molar-refractivity contribution >= 4 is 39.1 Å². The number of aliphatic imine (C=N–C) groups is 1. The van der Waals surface area contributed by atoms with Crippen LogP contribution in [0.1, 0.15) is 5.56 Å². The molecule has 3 rings (SSSR count). The van der Waals surface area contributed by atoms with Crippen molar-refractivity contribution in [2.45, 2.75) is 11.3 Å². The van der Waals surface area contributed by atoms with Gasteiger partial charge in [0.25, 0.3) is 10.0 Å². The fourth-order valence-electron chi connectivity index (χ4n) is 2.64. The van der Waals surface area contributed by atoms with Crippen molar-refractivity contribution in [3.05, 3.63) is 58.1 Å². The van der Waals surface area contributed by atoms with Gasteiger partial charge in [-0.05, 0) is 11.6 Å². The number of sulfonamides is 1. The summed E-state index contributed by atoms with van der Waals surface area (Å²) in [7, 11) is -2.41. The highest BCUT2D eigenvalue weighted by Crippen LogP contribution is 2.35. The third kappa shape index (κ3) is 3.61. The van der Waals surface area contributed by atoms with E-state index in [0.29, 0.717) is 24.6 Å². The Morgan fingerprint density at radius 3 is 2.56 bits per heavy atom. The average molecular weight is 399 g/mol. The predicted octanol–water partition coefficient (Wildman–Crippen LogP) is 3.65. The Hall–Kier alpha value is -1.76. The fourth-order valence-corrected chi connectivity index (χ4v) is 4.93. The van der Waals surface area contributed by atoms with Gasteiger partial charge < -0.3 is 4.74 Å². The van der Waals surface area contributed by atoms with E-state index in [0.717, 1.165) is 5.56 Å². The average Bonchev–Trinajstić information content (AvgIpc) is 3.06. The Bertz CT molecular complexity index is 915. The number of ether oxygens (including phenoxy) is 1. The summed E-state index contributed by atoms with van der Waals surface area (Å²) in [6, 6.07) is 12.3. The van der Waals surface area contributed by atoms with Crippen LogP contribution in [-0.2, 0) is 16.4 Å². The highest BCUT2D eigenvalue weighted by Gasteiger charge is 2.32. The second-order valence-electron chi connectivity index (χ2n) is 5.45. The number of hydrogen-bond acceptors (Lipinski definition) is 4. The SMILES string of the molecule is COc1cc(Cl)c(S(=O)(=O)N2CCN=C2Cc2ccccc2)cc1Cl. The van der Waals surface area contributed by atoms with Gasteiger partial charge in [0.15, 0.2) is 0 Å². The van der Waals surface area contributed by atoms with E-state index in [4.69, 9.17) is 27.9 Å². The molecule has 0 atom stereocenters. The summed E-state index contributed by atoms with van der Waals surface area (Å²) in [5.74, 6) is 0.819. The van der Waals surface area contributed by atoms with Gasteiger partial charge in [0.1, 0.15) is 16.5 Å². The molecule has 0 amide bonds. The first-order chi connectivity index (χ1) is 11.9. The van der Waals surface area contributed by atoms with E-state index < -0.39 is 10.0 Å². The van der Waals surface area contributed by atoms with E-state index in [1.54, 1.807) is 0 Å². The van der Waals surface area contributed by atoms with Gasteiger partial charge in [-0.3, -0.25) is 9.30 Å². The lowest BCUT2D eigenvalue weighted by Crippen LogP contribution is -2.35. The largest absolute Gasteiger partial charge is 0.495 e. The molecule has 0 spiro atoms. The topological polar surface area (TPSA) is 59.0 Å². The van der Waals surface area contributed by atoms with Gasteiger partial charge in [0.2, 0.25) is 0 Å². The second-order valence-corrected chi connectivity index (χ2v) is 8.10. The molecular weight excluding hydrogens is 383 g/mol. The van der Waals surface area contributed by atoms with E-state index in [1.165, 1.54) is 23.5 Å². The molecule has 0 radical (unpaired) electrons. The number of amidine groups is 1. The third-order valence-corrected chi connectivity index (χ3v) is 6.45. The first-order valence-corrected chi connectivity index (χ1v) is 9.76. The summed E-state index contributed by atoms with van der Waals surface area (Å²) in [6.45, 7) is 0.702. The molecule has 0 aromatic heterocycles. The van der Waals surface area contributed by atoms with Gasteiger partial charge >= 0.3 is 0 Å². The molecule has 1 aliphatic rings. The molecule has 0 unspecified atom stereocenters. The van der Waals surface area contributed by atoms with Crippen LogP contribution in [0.25, 0.3) is 0 Å². The Morgan fingerprint density at radius 1 is 1.16 bits per heavy atom. The van der Waals surface area contributed by atoms with Crippen molar-refractivity contribution in [1.29, 1.82) is 0 Å². The van der Waals surface area contributed by atoms with Crippen LogP contribution in [0, 0.1) is 0 Å². The van der Waals surface area contributed by atoms with E-state index in [-0.39, 0.29) is 21.5 Å². The lowest BCUT2D eigenvalue weighted by atomic mass is 10.1. The Kier molecular flexibility index (Phi) is 5.22. The molecule has 132 valence electrons. The molecular formula is C17H16Cl2N2O3S. The maximum absolute atomic E-state index is 13.1. The molecule has 25 heavy (non-hydrogen) atoms. The van der Waals surface area contributed by atoms with E-state index in [2.05, 4.69) is 4.99 Å². The zero-order valence-corrected chi connectivity index (χ0v) is 15.8. The maximum atomic E-state index is 13.1. The minimum Gasteiger partial charge on any atom is -0.495 e. The van der Waals surface area contributed by atoms with Gasteiger partial charge in [-0.25, -0.2) is 8.42 Å². The smallest absolute Gasteiger partial charge is 0.266 e. The summed E-state index contributed by atoms with van der Waals surface area (Å²) in [4.78, 5) is 4.30. The number of halogens is 2. The second kappa shape index (κ2) is 7.23. The van der Waals surface area contributed by atoms with Crippen LogP contribution in [0.15, 0.2) is 52.4 Å². The highest BCUT2D eigenvalue weighted by atomic mass is 35.5. The highest BCUT2D eigenvalue weighted by molar-refractivity contribution is 7.89. The first kappa shape index (κ1) is 18.0. The lowest BCUT2D eigenvalue weighted by molar-refractivity contribution is 0.414. The van der Waals surface area contributed by atoms with Gasteiger partial charge in [-0.1, -0.05) is 53.5 Å². The molecule has 0 saturated carbocycles. The fraction of sp³-hybridized carbons (Fsp3) is 0.235. The third-order valence-electron chi connectivity index (χ3n) is 3.86. The monoisotopic (exact) mass is 398 g/mol. The Morgan fingerprint density at radius 2 is 1.88 bits per heavy atom. The molecule has 5 nitrogen and oxygen atoms in total. The van der Waals surface area contributed by atoms with E-state index >= 15 is 0 Å². The lowest BCUT2D eigenvalue weighted by Gasteiger charge is -2.21. The van der Waals surface area contributed by atoms with Crippen LogP contribution in [-0.4, -0.2) is 38.8 Å². The van der Waals surface area contributed by atoms with Gasteiger partial charge in [0.05, 0.1) is 30.2 Å². The van der Waals surface area contributed by atoms with Crippen LogP contribution in [0.4, 0.5) is 0 Å². The number of hydrogen-bond donors (Lipinski definition) is 0. The molecule has 0 bridgehead atoms. The molecule has 0 N–H and O–H groups in total. The zero-order valence-electron chi connectivity index (χ0n) is 13.4. The van der Waals surface area contributed by atoms with Crippen molar-refractivity contribution in [2.75, 3.05) is 20.2 Å². The maximum Gasteiger partial charge on any atom is 0.266 e. The van der Waals surface area contributed by atoms with Crippen molar-refractivity contribution < 1.29 is 13.2 Å². The van der Waals surface area contributed by atoms with Crippen LogP contribution < -0.4 is 4.74 Å². The molecule has 1 heterocycles. The Labute approximate surface area is 156 Å². The molecule has 0 aliphatic carbocycles. The number of nitrogens with zero attached hydrogens (tertiary/aromatic N) is 2. The normalized spacial score (nSPS) is 14.5. The van der Waals surface area contributed by atoms with E-state index in [1.807, 2.05) is 30.3 Å². The van der Waals surface area contributed by atoms with Crippen molar-refractivity contribution in [3.8, 4) is 5.75 Å². The van der Waals surface area contributed by atoms with Gasteiger partial charge in [-0.15, -0.1) is 0 Å². The van der Waals surface area contributed by atoms with Crippen LogP contribution in [0.3, 0.4) is 0 Å². The van der Waals surface area contributed by atoms with Gasteiger partial charge in [-0.2, -0.15) is 0 Å². The first-order valence-electron chi connectivity index (χ1n) is 7.56. The summed E-state index contributed by atoms with van der Waals surface area (Å²) in [5, 5.41) is 0.249. The molecule has 1 aliphatic heterocycles. The van der Waals surface area contributed by atoms with Crippen LogP contribution in [0.5, 0.6) is 5.75 Å². The summed E-state index contributed by atoms with van der Waals surface area (Å²) in [6.07, 6.45) is 0.432. The molecule has 0 saturated heterocycles. The minimum absolute atomic E-state index is 0.0531. The molecule has 2 aromatic carbocycles. The van der Waals surface area contributed by atoms with Gasteiger partial charge in [0, 0.05) is 12.5 Å². The van der Waals surface area contributed by atoms with Crippen LogP contribution in [0.2, 0.25) is 10.0 Å². The number of benzene rings is 2. The minimum atomic E-state index is -3.86. The standard InChI is InChI=1S/C17H16Cl2N2O3S/c1-24-15-10-14(19)16(11-13(15)18)25(22,23)21-8-7-20-17(21)9-12-5-3-2-4-6-12/h2-6,10-11H,7-9H2,1H3. The van der Waals surface area contributed by atoms with E-state index in [9.17, 15) is 8.42 Å². The Balaban J connectivity index is 1.94. The molecule has 8 heteroatoms. The molecule has 2 aromatic rings. The summed E-state index contributed by atoms with van der Waals surface area (Å²) < 4.78 is 32.5. The molecule has 0 fully saturated rings. The number of methoxy groups -OCH3 is 1. The zero-order chi connectivity index (χ0) is 18.0. The van der Waals surface area contributed by atoms with Crippen molar-refractivity contribution in [1.82, 2.24) is 4.31 Å².